The van der Waals surface area contributed by atoms with E-state index >= 15 is 4.39 Å². The summed E-state index contributed by atoms with van der Waals surface area (Å²) >= 11 is 8.13. The first kappa shape index (κ1) is 25.3. The molecule has 3 saturated heterocycles. The second-order valence-corrected chi connectivity index (χ2v) is 12.7. The van der Waals surface area contributed by atoms with E-state index in [1.54, 1.807) is 6.07 Å². The number of allylic oxidation sites excluding steroid dienone is 1. The van der Waals surface area contributed by atoms with Crippen LogP contribution in [0.4, 0.5) is 10.1 Å². The topological polar surface area (TPSA) is 21.8 Å². The molecule has 1 N–H and O–H groups in total. The van der Waals surface area contributed by atoms with Gasteiger partial charge in [-0.1, -0.05) is 42.8 Å². The van der Waals surface area contributed by atoms with Gasteiger partial charge in [0.05, 0.1) is 0 Å². The molecule has 4 nitrogen and oxygen atoms in total. The van der Waals surface area contributed by atoms with E-state index in [4.69, 9.17) is 11.6 Å². The molecule has 37 heavy (non-hydrogen) atoms. The van der Waals surface area contributed by atoms with Gasteiger partial charge in [0.15, 0.2) is 0 Å². The van der Waals surface area contributed by atoms with Crippen LogP contribution in [0.5, 0.6) is 0 Å². The van der Waals surface area contributed by atoms with Crippen LogP contribution in [0.15, 0.2) is 55.3 Å². The molecule has 4 heterocycles. The van der Waals surface area contributed by atoms with Gasteiger partial charge in [-0.3, -0.25) is 0 Å². The average Bonchev–Trinajstić information content (AvgIpc) is 3.09. The zero-order valence-corrected chi connectivity index (χ0v) is 23.2. The molecule has 0 saturated carbocycles. The Morgan fingerprint density at radius 1 is 1.11 bits per heavy atom. The molecule has 0 bridgehead atoms. The van der Waals surface area contributed by atoms with Crippen LogP contribution in [0.3, 0.4) is 0 Å². The minimum Gasteiger partial charge on any atom is -0.370 e. The lowest BCUT2D eigenvalue weighted by atomic mass is 9.72. The maximum Gasteiger partial charge on any atom is 0.132 e. The summed E-state index contributed by atoms with van der Waals surface area (Å²) in [5.74, 6) is -0.146. The van der Waals surface area contributed by atoms with Crippen molar-refractivity contribution in [2.75, 3.05) is 57.4 Å². The molecule has 0 atom stereocenters. The highest BCUT2D eigenvalue weighted by Gasteiger charge is 2.52. The van der Waals surface area contributed by atoms with Gasteiger partial charge in [-0.2, -0.15) is 0 Å². The highest BCUT2D eigenvalue weighted by molar-refractivity contribution is 7.96. The Hall–Kier alpha value is -1.99. The van der Waals surface area contributed by atoms with Crippen molar-refractivity contribution >= 4 is 34.9 Å². The first-order valence-corrected chi connectivity index (χ1v) is 14.9. The molecule has 196 valence electrons. The molecule has 7 heteroatoms. The van der Waals surface area contributed by atoms with E-state index in [-0.39, 0.29) is 11.2 Å². The molecule has 2 aromatic rings. The second kappa shape index (κ2) is 9.64. The Kier molecular flexibility index (Phi) is 6.59. The molecule has 0 aromatic heterocycles. The monoisotopic (exact) mass is 538 g/mol. The molecular weight excluding hydrogens is 503 g/mol. The molecule has 0 radical (unpaired) electrons. The standard InChI is InChI=1S/C30H36ClFN4S/c1-21(35-17-29(18-35)19-36(20-29)37-3)25-8-6-23(15-27(25)32)5-4-12-34-13-10-30(11-14-34)22(2)33-28-9-7-24(31)16-26(28)30/h6-9,15-16,33H,1-2,4-5,10-14,17-20H2,3H3. The van der Waals surface area contributed by atoms with Crippen LogP contribution >= 0.6 is 23.5 Å². The van der Waals surface area contributed by atoms with E-state index in [0.29, 0.717) is 11.0 Å². The van der Waals surface area contributed by atoms with Crippen molar-refractivity contribution in [3.63, 3.8) is 0 Å². The van der Waals surface area contributed by atoms with Gasteiger partial charge in [0, 0.05) is 64.7 Å². The number of anilines is 1. The lowest BCUT2D eigenvalue weighted by Gasteiger charge is -2.60. The van der Waals surface area contributed by atoms with Gasteiger partial charge in [0.2, 0.25) is 0 Å². The van der Waals surface area contributed by atoms with Gasteiger partial charge in [0.1, 0.15) is 5.82 Å². The Balaban J connectivity index is 0.986. The number of likely N-dealkylation sites (tertiary alicyclic amines) is 2. The number of hydrogen-bond donors (Lipinski definition) is 1. The minimum atomic E-state index is -0.146. The van der Waals surface area contributed by atoms with Crippen LogP contribution in [0, 0.1) is 11.2 Å². The first-order valence-electron chi connectivity index (χ1n) is 13.3. The third-order valence-electron chi connectivity index (χ3n) is 9.07. The molecular formula is C30H36ClFN4S. The highest BCUT2D eigenvalue weighted by atomic mass is 35.5. The van der Waals surface area contributed by atoms with Crippen molar-refractivity contribution in [3.8, 4) is 0 Å². The Bertz CT molecular complexity index is 1220. The highest BCUT2D eigenvalue weighted by Crippen LogP contribution is 2.50. The van der Waals surface area contributed by atoms with E-state index in [2.05, 4.69) is 57.0 Å². The van der Waals surface area contributed by atoms with Crippen molar-refractivity contribution in [2.45, 2.75) is 31.1 Å². The van der Waals surface area contributed by atoms with Crippen molar-refractivity contribution in [3.05, 3.63) is 82.8 Å². The predicted octanol–water partition coefficient (Wildman–Crippen LogP) is 6.25. The number of aryl methyl sites for hydroxylation is 1. The Labute approximate surface area is 229 Å². The summed E-state index contributed by atoms with van der Waals surface area (Å²) in [7, 11) is 0. The molecule has 0 amide bonds. The van der Waals surface area contributed by atoms with Gasteiger partial charge in [-0.15, -0.1) is 0 Å². The fraction of sp³-hybridized carbons (Fsp3) is 0.467. The number of piperidine rings is 1. The summed E-state index contributed by atoms with van der Waals surface area (Å²) in [4.78, 5) is 4.77. The molecule has 0 unspecified atom stereocenters. The number of nitrogens with zero attached hydrogens (tertiary/aromatic N) is 3. The second-order valence-electron chi connectivity index (χ2n) is 11.4. The van der Waals surface area contributed by atoms with Crippen molar-refractivity contribution < 1.29 is 4.39 Å². The third-order valence-corrected chi connectivity index (χ3v) is 10.1. The minimum absolute atomic E-state index is 0.0127. The molecule has 0 aliphatic carbocycles. The third kappa shape index (κ3) is 4.50. The van der Waals surface area contributed by atoms with Gasteiger partial charge in [0.25, 0.3) is 0 Å². The number of fused-ring (bicyclic) bond motifs is 2. The quantitative estimate of drug-likeness (QED) is 0.419. The fourth-order valence-electron chi connectivity index (χ4n) is 6.81. The van der Waals surface area contributed by atoms with Crippen molar-refractivity contribution in [1.29, 1.82) is 0 Å². The van der Waals surface area contributed by atoms with Gasteiger partial charge in [-0.25, -0.2) is 8.70 Å². The molecule has 4 aliphatic heterocycles. The fourth-order valence-corrected chi connectivity index (χ4v) is 7.78. The Morgan fingerprint density at radius 2 is 1.86 bits per heavy atom. The summed E-state index contributed by atoms with van der Waals surface area (Å²) in [6, 6.07) is 11.8. The van der Waals surface area contributed by atoms with Gasteiger partial charge in [-0.05, 0) is 93.0 Å². The van der Waals surface area contributed by atoms with E-state index in [9.17, 15) is 0 Å². The molecule has 2 spiro atoms. The molecule has 3 fully saturated rings. The van der Waals surface area contributed by atoms with Crippen LogP contribution in [-0.4, -0.2) is 66.2 Å². The maximum absolute atomic E-state index is 15.0. The number of rotatable bonds is 7. The Morgan fingerprint density at radius 3 is 2.57 bits per heavy atom. The summed E-state index contributed by atoms with van der Waals surface area (Å²) in [6.07, 6.45) is 6.13. The first-order chi connectivity index (χ1) is 17.8. The SMILES string of the molecule is C=C(c1ccc(CCCN2CCC3(CC2)C(=C)Nc2ccc(Cl)cc23)cc1F)N1CC2(CN(SC)C2)C1. The zero-order chi connectivity index (χ0) is 25.8. The molecule has 2 aromatic carbocycles. The van der Waals surface area contributed by atoms with E-state index in [1.807, 2.05) is 24.1 Å². The van der Waals surface area contributed by atoms with Crippen LogP contribution < -0.4 is 5.32 Å². The maximum atomic E-state index is 15.0. The zero-order valence-electron chi connectivity index (χ0n) is 21.7. The number of hydrogen-bond acceptors (Lipinski definition) is 5. The summed E-state index contributed by atoms with van der Waals surface area (Å²) in [5, 5.41) is 4.28. The van der Waals surface area contributed by atoms with E-state index < -0.39 is 0 Å². The lowest BCUT2D eigenvalue weighted by Crippen LogP contribution is -2.69. The van der Waals surface area contributed by atoms with Crippen LogP contribution in [0.25, 0.3) is 5.70 Å². The van der Waals surface area contributed by atoms with E-state index in [0.717, 1.165) is 99.2 Å². The smallest absolute Gasteiger partial charge is 0.132 e. The number of halogens is 2. The summed E-state index contributed by atoms with van der Waals surface area (Å²) in [6.45, 7) is 15.9. The lowest BCUT2D eigenvalue weighted by molar-refractivity contribution is -0.0455. The number of nitrogens with one attached hydrogen (secondary N) is 1. The van der Waals surface area contributed by atoms with Crippen molar-refractivity contribution in [1.82, 2.24) is 14.1 Å². The van der Waals surface area contributed by atoms with Crippen LogP contribution in [0.2, 0.25) is 5.02 Å². The van der Waals surface area contributed by atoms with Crippen LogP contribution in [-0.2, 0) is 11.8 Å². The van der Waals surface area contributed by atoms with Crippen LogP contribution in [0.1, 0.15) is 36.0 Å². The van der Waals surface area contributed by atoms with Gasteiger partial charge < -0.3 is 15.1 Å². The van der Waals surface area contributed by atoms with Gasteiger partial charge >= 0.3 is 0 Å². The predicted molar refractivity (Wildman–Crippen MR) is 154 cm³/mol. The molecule has 6 rings (SSSR count). The largest absolute Gasteiger partial charge is 0.370 e. The average molecular weight is 539 g/mol. The van der Waals surface area contributed by atoms with Crippen molar-refractivity contribution in [2.24, 2.45) is 5.41 Å². The molecule has 4 aliphatic rings. The number of benzene rings is 2. The normalized spacial score (nSPS) is 22.0. The summed E-state index contributed by atoms with van der Waals surface area (Å²) in [5.41, 5.74) is 6.46. The van der Waals surface area contributed by atoms with E-state index in [1.165, 1.54) is 5.56 Å². The summed E-state index contributed by atoms with van der Waals surface area (Å²) < 4.78 is 17.4.